The highest BCUT2D eigenvalue weighted by molar-refractivity contribution is 6.04. The molecule has 1 aromatic heterocycles. The van der Waals surface area contributed by atoms with Gasteiger partial charge in [0.05, 0.1) is 0 Å². The lowest BCUT2D eigenvalue weighted by Crippen LogP contribution is -2.11. The summed E-state index contributed by atoms with van der Waals surface area (Å²) in [6.07, 6.45) is 6.49. The van der Waals surface area contributed by atoms with Gasteiger partial charge in [-0.3, -0.25) is 14.6 Å². The third kappa shape index (κ3) is 5.45. The van der Waals surface area contributed by atoms with Crippen LogP contribution >= 0.6 is 0 Å². The number of aromatic nitrogens is 1. The number of hydrogen-bond acceptors (Lipinski definition) is 3. The van der Waals surface area contributed by atoms with Crippen molar-refractivity contribution in [2.24, 2.45) is 0 Å². The Kier molecular flexibility index (Phi) is 6.29. The van der Waals surface area contributed by atoms with Gasteiger partial charge in [0.15, 0.2) is 5.78 Å². The summed E-state index contributed by atoms with van der Waals surface area (Å²) in [6.45, 7) is 3.53. The number of anilines is 1. The Morgan fingerprint density at radius 1 is 1.07 bits per heavy atom. The molecule has 0 unspecified atom stereocenters. The van der Waals surface area contributed by atoms with E-state index in [1.807, 2.05) is 13.0 Å². The Hall–Kier alpha value is -3.60. The maximum atomic E-state index is 13.7. The maximum absolute atomic E-state index is 13.7. The number of Topliss-reactive ketones (excluding diaryl/α,β-unsaturated/α-hetero) is 1. The van der Waals surface area contributed by atoms with E-state index in [0.717, 1.165) is 11.1 Å². The molecule has 3 aromatic rings. The number of benzene rings is 2. The second-order valence-electron chi connectivity index (χ2n) is 6.82. The molecule has 0 saturated heterocycles. The van der Waals surface area contributed by atoms with Crippen LogP contribution in [0.25, 0.3) is 6.08 Å². The first-order valence-corrected chi connectivity index (χ1v) is 9.20. The lowest BCUT2D eigenvalue weighted by atomic mass is 10.00. The van der Waals surface area contributed by atoms with Gasteiger partial charge >= 0.3 is 0 Å². The standard InChI is InChI=1S/C24H21FN2O2/c1-16-5-7-19(12-21(16)25)13-23(28)20-9-6-17(2)22(14-20)27-24(29)10-8-18-4-3-11-26-15-18/h3-12,14-15H,13H2,1-2H3,(H,27,29)/b10-8+. The molecular weight excluding hydrogens is 367 g/mol. The smallest absolute Gasteiger partial charge is 0.248 e. The Morgan fingerprint density at radius 3 is 2.59 bits per heavy atom. The van der Waals surface area contributed by atoms with E-state index in [-0.39, 0.29) is 23.9 Å². The molecule has 2 aromatic carbocycles. The van der Waals surface area contributed by atoms with Crippen LogP contribution in [0.4, 0.5) is 10.1 Å². The summed E-state index contributed by atoms with van der Waals surface area (Å²) in [7, 11) is 0. The summed E-state index contributed by atoms with van der Waals surface area (Å²) in [4.78, 5) is 28.8. The lowest BCUT2D eigenvalue weighted by molar-refractivity contribution is -0.111. The van der Waals surface area contributed by atoms with Crippen molar-refractivity contribution in [1.82, 2.24) is 4.98 Å². The molecule has 1 amide bonds. The second kappa shape index (κ2) is 9.06. The molecule has 0 saturated carbocycles. The molecule has 1 N–H and O–H groups in total. The maximum Gasteiger partial charge on any atom is 0.248 e. The Balaban J connectivity index is 1.71. The highest BCUT2D eigenvalue weighted by Crippen LogP contribution is 2.19. The summed E-state index contributed by atoms with van der Waals surface area (Å²) in [5.41, 5.74) is 3.83. The number of hydrogen-bond donors (Lipinski definition) is 1. The number of pyridine rings is 1. The third-order valence-electron chi connectivity index (χ3n) is 4.53. The quantitative estimate of drug-likeness (QED) is 0.482. The van der Waals surface area contributed by atoms with Crippen LogP contribution in [0, 0.1) is 19.7 Å². The van der Waals surface area contributed by atoms with E-state index in [9.17, 15) is 14.0 Å². The van der Waals surface area contributed by atoms with Gasteiger partial charge in [0.2, 0.25) is 5.91 Å². The van der Waals surface area contributed by atoms with Crippen LogP contribution in [-0.4, -0.2) is 16.7 Å². The Morgan fingerprint density at radius 2 is 1.86 bits per heavy atom. The molecule has 29 heavy (non-hydrogen) atoms. The topological polar surface area (TPSA) is 59.1 Å². The molecule has 3 rings (SSSR count). The average molecular weight is 388 g/mol. The normalized spacial score (nSPS) is 10.9. The molecule has 0 fully saturated rings. The second-order valence-corrected chi connectivity index (χ2v) is 6.82. The highest BCUT2D eigenvalue weighted by Gasteiger charge is 2.11. The van der Waals surface area contributed by atoms with Gasteiger partial charge in [-0.15, -0.1) is 0 Å². The van der Waals surface area contributed by atoms with Gasteiger partial charge in [-0.1, -0.05) is 30.3 Å². The van der Waals surface area contributed by atoms with Crippen molar-refractivity contribution in [2.75, 3.05) is 5.32 Å². The van der Waals surface area contributed by atoms with Crippen LogP contribution in [0.15, 0.2) is 67.0 Å². The monoisotopic (exact) mass is 388 g/mol. The molecule has 0 atom stereocenters. The minimum absolute atomic E-state index is 0.0918. The van der Waals surface area contributed by atoms with E-state index < -0.39 is 0 Å². The molecule has 0 bridgehead atoms. The molecule has 0 aliphatic rings. The molecular formula is C24H21FN2O2. The van der Waals surface area contributed by atoms with E-state index >= 15 is 0 Å². The Bertz CT molecular complexity index is 1080. The van der Waals surface area contributed by atoms with Gasteiger partial charge in [0.25, 0.3) is 0 Å². The van der Waals surface area contributed by atoms with Crippen LogP contribution in [0.3, 0.4) is 0 Å². The van der Waals surface area contributed by atoms with E-state index in [1.165, 1.54) is 12.1 Å². The number of nitrogens with one attached hydrogen (secondary N) is 1. The molecule has 4 nitrogen and oxygen atoms in total. The fourth-order valence-electron chi connectivity index (χ4n) is 2.78. The zero-order valence-electron chi connectivity index (χ0n) is 16.3. The number of carbonyl (C=O) groups is 2. The molecule has 0 radical (unpaired) electrons. The van der Waals surface area contributed by atoms with E-state index in [0.29, 0.717) is 22.4 Å². The first-order valence-electron chi connectivity index (χ1n) is 9.20. The average Bonchev–Trinajstić information content (AvgIpc) is 2.71. The van der Waals surface area contributed by atoms with Gasteiger partial charge in [-0.05, 0) is 60.4 Å². The first kappa shape index (κ1) is 20.1. The first-order chi connectivity index (χ1) is 13.9. The minimum atomic E-state index is -0.326. The van der Waals surface area contributed by atoms with Gasteiger partial charge < -0.3 is 5.32 Å². The summed E-state index contributed by atoms with van der Waals surface area (Å²) in [5, 5.41) is 2.80. The minimum Gasteiger partial charge on any atom is -0.322 e. The zero-order chi connectivity index (χ0) is 20.8. The lowest BCUT2D eigenvalue weighted by Gasteiger charge is -2.09. The SMILES string of the molecule is Cc1ccc(CC(=O)c2ccc(C)c(NC(=O)/C=C/c3cccnc3)c2)cc1F. The summed E-state index contributed by atoms with van der Waals surface area (Å²) >= 11 is 0. The third-order valence-corrected chi connectivity index (χ3v) is 4.53. The zero-order valence-corrected chi connectivity index (χ0v) is 16.3. The highest BCUT2D eigenvalue weighted by atomic mass is 19.1. The molecule has 146 valence electrons. The number of amides is 1. The molecule has 0 aliphatic carbocycles. The number of ketones is 1. The van der Waals surface area contributed by atoms with Crippen LogP contribution in [-0.2, 0) is 11.2 Å². The number of halogens is 1. The van der Waals surface area contributed by atoms with Crippen LogP contribution in [0.2, 0.25) is 0 Å². The number of aryl methyl sites for hydroxylation is 2. The van der Waals surface area contributed by atoms with Crippen molar-refractivity contribution in [1.29, 1.82) is 0 Å². The van der Waals surface area contributed by atoms with Crippen molar-refractivity contribution in [3.05, 3.63) is 101 Å². The summed E-state index contributed by atoms with van der Waals surface area (Å²) in [5.74, 6) is -0.774. The largest absolute Gasteiger partial charge is 0.322 e. The fraction of sp³-hybridized carbons (Fsp3) is 0.125. The van der Waals surface area contributed by atoms with E-state index in [1.54, 1.807) is 61.8 Å². The van der Waals surface area contributed by atoms with Gasteiger partial charge in [-0.25, -0.2) is 4.39 Å². The van der Waals surface area contributed by atoms with Crippen molar-refractivity contribution < 1.29 is 14.0 Å². The van der Waals surface area contributed by atoms with Crippen molar-refractivity contribution in [3.63, 3.8) is 0 Å². The van der Waals surface area contributed by atoms with Crippen molar-refractivity contribution >= 4 is 23.5 Å². The number of rotatable bonds is 6. The molecule has 5 heteroatoms. The predicted molar refractivity (Wildman–Crippen MR) is 112 cm³/mol. The van der Waals surface area contributed by atoms with Crippen LogP contribution in [0.5, 0.6) is 0 Å². The van der Waals surface area contributed by atoms with Crippen LogP contribution in [0.1, 0.15) is 32.6 Å². The van der Waals surface area contributed by atoms with Crippen molar-refractivity contribution in [2.45, 2.75) is 20.3 Å². The van der Waals surface area contributed by atoms with E-state index in [2.05, 4.69) is 10.3 Å². The van der Waals surface area contributed by atoms with E-state index in [4.69, 9.17) is 0 Å². The molecule has 1 heterocycles. The van der Waals surface area contributed by atoms with Gasteiger partial charge in [0.1, 0.15) is 5.82 Å². The number of nitrogens with zero attached hydrogens (tertiary/aromatic N) is 1. The predicted octanol–water partition coefficient (Wildman–Crippen LogP) is 4.91. The van der Waals surface area contributed by atoms with Gasteiger partial charge in [-0.2, -0.15) is 0 Å². The summed E-state index contributed by atoms with van der Waals surface area (Å²) < 4.78 is 13.7. The van der Waals surface area contributed by atoms with Gasteiger partial charge in [0, 0.05) is 36.1 Å². The fourth-order valence-corrected chi connectivity index (χ4v) is 2.78. The molecule has 0 spiro atoms. The molecule has 0 aliphatic heterocycles. The van der Waals surface area contributed by atoms with Crippen LogP contribution < -0.4 is 5.32 Å². The summed E-state index contributed by atoms with van der Waals surface area (Å²) in [6, 6.07) is 13.6. The van der Waals surface area contributed by atoms with Crippen molar-refractivity contribution in [3.8, 4) is 0 Å². The number of carbonyl (C=O) groups excluding carboxylic acids is 2. The Labute approximate surface area is 169 Å².